The van der Waals surface area contributed by atoms with Crippen LogP contribution >= 0.6 is 0 Å². The van der Waals surface area contributed by atoms with Crippen molar-refractivity contribution in [2.45, 2.75) is 57.0 Å². The number of hydrogen-bond donors (Lipinski definition) is 1. The molecule has 1 amide bonds. The first-order valence-corrected chi connectivity index (χ1v) is 10.7. The van der Waals surface area contributed by atoms with Gasteiger partial charge in [0, 0.05) is 30.3 Å². The Hall–Kier alpha value is -2.19. The first kappa shape index (κ1) is 19.6. The predicted molar refractivity (Wildman–Crippen MR) is 104 cm³/mol. The zero-order chi connectivity index (χ0) is 19.6. The molecular weight excluding hydrogens is 364 g/mol. The predicted octanol–water partition coefficient (Wildman–Crippen LogP) is 3.28. The van der Waals surface area contributed by atoms with Crippen LogP contribution in [-0.4, -0.2) is 41.0 Å². The number of carbonyl (C=O) groups excluding carboxylic acids is 1. The van der Waals surface area contributed by atoms with E-state index in [4.69, 9.17) is 0 Å². The lowest BCUT2D eigenvalue weighted by atomic mass is 10.1. The number of anilines is 1. The average molecular weight is 391 g/mol. The molecule has 1 fully saturated rings. The van der Waals surface area contributed by atoms with Gasteiger partial charge in [0.2, 0.25) is 10.0 Å². The Balaban J connectivity index is 1.76. The molecule has 8 heteroatoms. The molecule has 3 rings (SSSR count). The topological polar surface area (TPSA) is 84.3 Å². The molecule has 1 unspecified atom stereocenters. The molecule has 1 aliphatic heterocycles. The first-order chi connectivity index (χ1) is 12.8. The number of hydrogen-bond acceptors (Lipinski definition) is 4. The van der Waals surface area contributed by atoms with E-state index < -0.39 is 10.0 Å². The molecule has 0 saturated carbocycles. The summed E-state index contributed by atoms with van der Waals surface area (Å²) in [5, 5.41) is 7.00. The van der Waals surface area contributed by atoms with Gasteiger partial charge in [0.1, 0.15) is 5.82 Å². The van der Waals surface area contributed by atoms with Crippen molar-refractivity contribution in [3.05, 3.63) is 42.1 Å². The minimum Gasteiger partial charge on any atom is -0.307 e. The van der Waals surface area contributed by atoms with Crippen LogP contribution in [0.3, 0.4) is 0 Å². The number of sulfonamides is 1. The van der Waals surface area contributed by atoms with E-state index in [9.17, 15) is 13.2 Å². The molecule has 0 bridgehead atoms. The van der Waals surface area contributed by atoms with Crippen LogP contribution in [0, 0.1) is 0 Å². The summed E-state index contributed by atoms with van der Waals surface area (Å²) in [5.41, 5.74) is 0.400. The van der Waals surface area contributed by atoms with E-state index in [0.29, 0.717) is 17.9 Å². The van der Waals surface area contributed by atoms with Gasteiger partial charge in [-0.15, -0.1) is 0 Å². The van der Waals surface area contributed by atoms with Gasteiger partial charge in [-0.2, -0.15) is 9.40 Å². The molecule has 1 saturated heterocycles. The van der Waals surface area contributed by atoms with Gasteiger partial charge >= 0.3 is 0 Å². The Bertz CT molecular complexity index is 903. The lowest BCUT2D eigenvalue weighted by Gasteiger charge is -2.32. The third-order valence-electron chi connectivity index (χ3n) is 4.87. The summed E-state index contributed by atoms with van der Waals surface area (Å²) in [4.78, 5) is 12.7. The maximum absolute atomic E-state index is 12.9. The summed E-state index contributed by atoms with van der Waals surface area (Å²) < 4.78 is 29.0. The number of nitrogens with one attached hydrogen (secondary N) is 1. The highest BCUT2D eigenvalue weighted by molar-refractivity contribution is 7.89. The third kappa shape index (κ3) is 4.06. The monoisotopic (exact) mass is 390 g/mol. The molecule has 1 atom stereocenters. The van der Waals surface area contributed by atoms with E-state index in [2.05, 4.69) is 10.4 Å². The lowest BCUT2D eigenvalue weighted by Crippen LogP contribution is -2.41. The molecule has 1 aliphatic rings. The molecule has 1 aromatic carbocycles. The van der Waals surface area contributed by atoms with Crippen LogP contribution < -0.4 is 5.32 Å². The lowest BCUT2D eigenvalue weighted by molar-refractivity contribution is 0.102. The third-order valence-corrected chi connectivity index (χ3v) is 6.89. The van der Waals surface area contributed by atoms with E-state index in [1.165, 1.54) is 12.1 Å². The SMILES string of the molecule is CC1CCCCN1S(=O)(=O)c1ccc(C(=O)Nc2ccnn2C(C)C)cc1. The largest absolute Gasteiger partial charge is 0.307 e. The Morgan fingerprint density at radius 1 is 1.19 bits per heavy atom. The summed E-state index contributed by atoms with van der Waals surface area (Å²) in [6.45, 7) is 6.44. The number of piperidine rings is 1. The summed E-state index contributed by atoms with van der Waals surface area (Å²) in [6, 6.07) is 7.96. The number of carbonyl (C=O) groups is 1. The van der Waals surface area contributed by atoms with Gasteiger partial charge in [0.15, 0.2) is 0 Å². The van der Waals surface area contributed by atoms with Gasteiger partial charge < -0.3 is 5.32 Å². The minimum atomic E-state index is -3.53. The van der Waals surface area contributed by atoms with Gasteiger partial charge in [-0.25, -0.2) is 13.1 Å². The second kappa shape index (κ2) is 7.82. The first-order valence-electron chi connectivity index (χ1n) is 9.27. The van der Waals surface area contributed by atoms with Crippen molar-refractivity contribution in [3.63, 3.8) is 0 Å². The van der Waals surface area contributed by atoms with Gasteiger partial charge in [0.25, 0.3) is 5.91 Å². The van der Waals surface area contributed by atoms with Crippen LogP contribution in [0.15, 0.2) is 41.4 Å². The highest BCUT2D eigenvalue weighted by Crippen LogP contribution is 2.25. The molecule has 0 aliphatic carbocycles. The number of rotatable bonds is 5. The van der Waals surface area contributed by atoms with Gasteiger partial charge in [-0.1, -0.05) is 6.42 Å². The quantitative estimate of drug-likeness (QED) is 0.849. The Morgan fingerprint density at radius 3 is 2.52 bits per heavy atom. The molecule has 1 N–H and O–H groups in total. The fourth-order valence-corrected chi connectivity index (χ4v) is 5.06. The summed E-state index contributed by atoms with van der Waals surface area (Å²) in [6.07, 6.45) is 4.45. The molecule has 1 aromatic heterocycles. The van der Waals surface area contributed by atoms with Crippen LogP contribution in [0.25, 0.3) is 0 Å². The molecular formula is C19H26N4O3S. The minimum absolute atomic E-state index is 0.00282. The Labute approximate surface area is 160 Å². The number of benzene rings is 1. The van der Waals surface area contributed by atoms with E-state index in [1.807, 2.05) is 20.8 Å². The molecule has 146 valence electrons. The molecule has 2 heterocycles. The van der Waals surface area contributed by atoms with Crippen LogP contribution in [0.1, 0.15) is 56.4 Å². The summed E-state index contributed by atoms with van der Waals surface area (Å²) in [5.74, 6) is 0.307. The maximum atomic E-state index is 12.9. The van der Waals surface area contributed by atoms with Crippen LogP contribution in [0.5, 0.6) is 0 Å². The highest BCUT2D eigenvalue weighted by Gasteiger charge is 2.30. The molecule has 7 nitrogen and oxygen atoms in total. The van der Waals surface area contributed by atoms with E-state index >= 15 is 0 Å². The average Bonchev–Trinajstić information content (AvgIpc) is 3.10. The Kier molecular flexibility index (Phi) is 5.67. The second-order valence-corrected chi connectivity index (χ2v) is 9.08. The van der Waals surface area contributed by atoms with Gasteiger partial charge in [-0.3, -0.25) is 4.79 Å². The number of amides is 1. The normalized spacial score (nSPS) is 18.6. The maximum Gasteiger partial charge on any atom is 0.256 e. The Morgan fingerprint density at radius 2 is 1.89 bits per heavy atom. The fourth-order valence-electron chi connectivity index (χ4n) is 3.36. The van der Waals surface area contributed by atoms with Crippen LogP contribution in [-0.2, 0) is 10.0 Å². The van der Waals surface area contributed by atoms with E-state index in [1.54, 1.807) is 33.4 Å². The van der Waals surface area contributed by atoms with E-state index in [-0.39, 0.29) is 22.9 Å². The van der Waals surface area contributed by atoms with E-state index in [0.717, 1.165) is 19.3 Å². The van der Waals surface area contributed by atoms with Crippen molar-refractivity contribution in [3.8, 4) is 0 Å². The fraction of sp³-hybridized carbons (Fsp3) is 0.474. The van der Waals surface area contributed by atoms with Crippen LogP contribution in [0.2, 0.25) is 0 Å². The van der Waals surface area contributed by atoms with Crippen LogP contribution in [0.4, 0.5) is 5.82 Å². The van der Waals surface area contributed by atoms with Gasteiger partial charge in [-0.05, 0) is 57.9 Å². The number of aromatic nitrogens is 2. The van der Waals surface area contributed by atoms with Crippen molar-refractivity contribution in [1.29, 1.82) is 0 Å². The smallest absolute Gasteiger partial charge is 0.256 e. The number of nitrogens with zero attached hydrogens (tertiary/aromatic N) is 3. The molecule has 2 aromatic rings. The second-order valence-electron chi connectivity index (χ2n) is 7.19. The summed E-state index contributed by atoms with van der Waals surface area (Å²) >= 11 is 0. The van der Waals surface area contributed by atoms with Crippen molar-refractivity contribution in [1.82, 2.24) is 14.1 Å². The highest BCUT2D eigenvalue weighted by atomic mass is 32.2. The molecule has 0 spiro atoms. The van der Waals surface area contributed by atoms with Crippen molar-refractivity contribution in [2.75, 3.05) is 11.9 Å². The standard InChI is InChI=1S/C19H26N4O3S/c1-14(2)23-18(11-12-20-23)21-19(24)16-7-9-17(10-8-16)27(25,26)22-13-5-4-6-15(22)3/h7-12,14-15H,4-6,13H2,1-3H3,(H,21,24). The zero-order valence-electron chi connectivity index (χ0n) is 15.9. The zero-order valence-corrected chi connectivity index (χ0v) is 16.7. The van der Waals surface area contributed by atoms with Crippen molar-refractivity contribution in [2.24, 2.45) is 0 Å². The van der Waals surface area contributed by atoms with Crippen molar-refractivity contribution >= 4 is 21.7 Å². The van der Waals surface area contributed by atoms with Crippen molar-refractivity contribution < 1.29 is 13.2 Å². The summed E-state index contributed by atoms with van der Waals surface area (Å²) in [7, 11) is -3.53. The molecule has 0 radical (unpaired) electrons. The molecule has 27 heavy (non-hydrogen) atoms. The van der Waals surface area contributed by atoms with Gasteiger partial charge in [0.05, 0.1) is 11.1 Å².